The van der Waals surface area contributed by atoms with Crippen molar-refractivity contribution in [2.24, 2.45) is 0 Å². The lowest BCUT2D eigenvalue weighted by atomic mass is 9.92. The summed E-state index contributed by atoms with van der Waals surface area (Å²) in [6.45, 7) is 2.98. The molecule has 3 amide bonds. The molecule has 2 aromatic rings. The lowest BCUT2D eigenvalue weighted by molar-refractivity contribution is -0.925. The van der Waals surface area contributed by atoms with E-state index in [-0.39, 0.29) is 18.0 Å². The zero-order valence-electron chi connectivity index (χ0n) is 17.6. The quantitative estimate of drug-likeness (QED) is 0.713. The van der Waals surface area contributed by atoms with E-state index in [9.17, 15) is 9.59 Å². The number of amides is 3. The van der Waals surface area contributed by atoms with E-state index >= 15 is 0 Å². The van der Waals surface area contributed by atoms with E-state index in [0.717, 1.165) is 42.0 Å². The van der Waals surface area contributed by atoms with E-state index in [1.54, 1.807) is 21.1 Å². The van der Waals surface area contributed by atoms with Crippen LogP contribution in [0.15, 0.2) is 48.5 Å². The monoisotopic (exact) mass is 410 g/mol. The maximum Gasteiger partial charge on any atom is 0.329 e. The van der Waals surface area contributed by atoms with Crippen molar-refractivity contribution in [3.05, 3.63) is 59.7 Å². The van der Waals surface area contributed by atoms with Crippen LogP contribution in [0.3, 0.4) is 0 Å². The van der Waals surface area contributed by atoms with Crippen LogP contribution in [0, 0.1) is 0 Å². The molecule has 3 atom stereocenters. The van der Waals surface area contributed by atoms with Gasteiger partial charge in [-0.1, -0.05) is 30.3 Å². The molecule has 2 aliphatic heterocycles. The number of imide groups is 1. The summed E-state index contributed by atoms with van der Waals surface area (Å²) in [4.78, 5) is 28.6. The van der Waals surface area contributed by atoms with Crippen LogP contribution in [0.2, 0.25) is 0 Å². The summed E-state index contributed by atoms with van der Waals surface area (Å²) < 4.78 is 10.9. The lowest BCUT2D eigenvalue weighted by Crippen LogP contribution is -3.12. The number of urea groups is 1. The summed E-state index contributed by atoms with van der Waals surface area (Å²) in [5.41, 5.74) is 0.824. The van der Waals surface area contributed by atoms with Gasteiger partial charge in [0.05, 0.1) is 26.3 Å². The molecule has 1 unspecified atom stereocenters. The second-order valence-electron chi connectivity index (χ2n) is 8.02. The van der Waals surface area contributed by atoms with E-state index in [1.807, 2.05) is 48.5 Å². The zero-order valence-corrected chi connectivity index (χ0v) is 17.6. The Morgan fingerprint density at radius 3 is 2.60 bits per heavy atom. The number of methoxy groups -OCH3 is 2. The summed E-state index contributed by atoms with van der Waals surface area (Å²) in [5, 5.41) is 2.90. The Balaban J connectivity index is 1.57. The van der Waals surface area contributed by atoms with Gasteiger partial charge >= 0.3 is 6.03 Å². The smallest absolute Gasteiger partial charge is 0.329 e. The fourth-order valence-electron chi connectivity index (χ4n) is 4.59. The molecule has 158 valence electrons. The van der Waals surface area contributed by atoms with Crippen LogP contribution in [0.25, 0.3) is 0 Å². The number of nitrogens with one attached hydrogen (secondary N) is 2. The van der Waals surface area contributed by atoms with Gasteiger partial charge in [0.2, 0.25) is 0 Å². The van der Waals surface area contributed by atoms with Crippen LogP contribution in [-0.2, 0) is 10.3 Å². The fourth-order valence-corrected chi connectivity index (χ4v) is 4.59. The third-order valence-corrected chi connectivity index (χ3v) is 6.29. The zero-order chi connectivity index (χ0) is 21.3. The van der Waals surface area contributed by atoms with Crippen molar-refractivity contribution in [3.63, 3.8) is 0 Å². The van der Waals surface area contributed by atoms with Gasteiger partial charge in [-0.15, -0.1) is 0 Å². The number of nitrogens with zero attached hydrogens (tertiary/aromatic N) is 1. The topological polar surface area (TPSA) is 72.3 Å². The van der Waals surface area contributed by atoms with Gasteiger partial charge < -0.3 is 19.7 Å². The highest BCUT2D eigenvalue weighted by Crippen LogP contribution is 2.32. The second-order valence-corrected chi connectivity index (χ2v) is 8.02. The Bertz CT molecular complexity index is 949. The molecule has 4 rings (SSSR count). The number of ether oxygens (including phenoxy) is 2. The van der Waals surface area contributed by atoms with Crippen molar-refractivity contribution in [2.45, 2.75) is 31.3 Å². The fraction of sp³-hybridized carbons (Fsp3) is 0.391. The number of benzene rings is 2. The van der Waals surface area contributed by atoms with Crippen LogP contribution in [0.4, 0.5) is 4.79 Å². The largest absolute Gasteiger partial charge is 0.497 e. The molecule has 2 aliphatic rings. The van der Waals surface area contributed by atoms with Gasteiger partial charge in [-0.25, -0.2) is 9.69 Å². The van der Waals surface area contributed by atoms with Crippen LogP contribution < -0.4 is 19.7 Å². The number of quaternary nitrogens is 1. The number of likely N-dealkylation sites (tertiary alicyclic amines) is 1. The first-order chi connectivity index (χ1) is 14.5. The number of carbonyl (C=O) groups excluding carboxylic acids is 2. The van der Waals surface area contributed by atoms with Crippen molar-refractivity contribution < 1.29 is 24.0 Å². The highest BCUT2D eigenvalue weighted by Gasteiger charge is 2.51. The Labute approximate surface area is 176 Å². The molecular formula is C23H28N3O4+. The second kappa shape index (κ2) is 7.99. The molecule has 0 saturated carbocycles. The Hall–Kier alpha value is -3.06. The summed E-state index contributed by atoms with van der Waals surface area (Å²) in [5.74, 6) is 1.30. The summed E-state index contributed by atoms with van der Waals surface area (Å²) in [6.07, 6.45) is 1.99. The van der Waals surface area contributed by atoms with E-state index < -0.39 is 5.54 Å². The van der Waals surface area contributed by atoms with Crippen molar-refractivity contribution >= 4 is 11.9 Å². The first-order valence-corrected chi connectivity index (χ1v) is 10.2. The van der Waals surface area contributed by atoms with E-state index in [4.69, 9.17) is 9.47 Å². The maximum atomic E-state index is 13.3. The van der Waals surface area contributed by atoms with Gasteiger partial charge in [-0.3, -0.25) is 4.79 Å². The number of hydrogen-bond donors (Lipinski definition) is 2. The van der Waals surface area contributed by atoms with E-state index in [0.29, 0.717) is 6.67 Å². The minimum absolute atomic E-state index is 0.148. The average Bonchev–Trinajstić information content (AvgIpc) is 3.32. The van der Waals surface area contributed by atoms with E-state index in [1.165, 1.54) is 9.80 Å². The molecule has 2 saturated heterocycles. The molecule has 0 spiro atoms. The van der Waals surface area contributed by atoms with Crippen molar-refractivity contribution in [1.29, 1.82) is 0 Å². The van der Waals surface area contributed by atoms with E-state index in [2.05, 4.69) is 5.32 Å². The van der Waals surface area contributed by atoms with Crippen LogP contribution in [0.5, 0.6) is 11.5 Å². The molecule has 0 aromatic heterocycles. The molecule has 2 aromatic carbocycles. The van der Waals surface area contributed by atoms with Gasteiger partial charge in [0.25, 0.3) is 5.91 Å². The number of carbonyl (C=O) groups is 2. The highest BCUT2D eigenvalue weighted by atomic mass is 16.5. The SMILES string of the molecule is COc1ccc([C@H]2CCC[NH+]2CN2C(=O)N[C@](C)(c3ccccc3)C2=O)c(OC)c1. The molecule has 2 heterocycles. The van der Waals surface area contributed by atoms with Crippen molar-refractivity contribution in [1.82, 2.24) is 10.2 Å². The lowest BCUT2D eigenvalue weighted by Gasteiger charge is -2.27. The van der Waals surface area contributed by atoms with Gasteiger partial charge in [0.1, 0.15) is 23.1 Å². The standard InChI is InChI=1S/C23H27N3O4/c1-23(16-8-5-4-6-9-16)21(27)26(22(28)24-23)15-25-13-7-10-19(25)18-12-11-17(29-2)14-20(18)30-3/h4-6,8-9,11-12,14,19H,7,10,13,15H2,1-3H3,(H,24,28)/p+1/t19-,23-/m1/s1. The Morgan fingerprint density at radius 1 is 1.13 bits per heavy atom. The molecule has 7 heteroatoms. The molecule has 0 bridgehead atoms. The molecule has 2 fully saturated rings. The van der Waals surface area contributed by atoms with Crippen molar-refractivity contribution in [3.8, 4) is 11.5 Å². The predicted molar refractivity (Wildman–Crippen MR) is 111 cm³/mol. The van der Waals surface area contributed by atoms with Gasteiger partial charge in [0.15, 0.2) is 6.67 Å². The Morgan fingerprint density at radius 2 is 1.90 bits per heavy atom. The van der Waals surface area contributed by atoms with Gasteiger partial charge in [-0.2, -0.15) is 0 Å². The molecule has 7 nitrogen and oxygen atoms in total. The minimum atomic E-state index is -1.04. The average molecular weight is 410 g/mol. The van der Waals surface area contributed by atoms with Crippen LogP contribution >= 0.6 is 0 Å². The maximum absolute atomic E-state index is 13.3. The molecule has 0 aliphatic carbocycles. The molecule has 2 N–H and O–H groups in total. The third kappa shape index (κ3) is 3.39. The van der Waals surface area contributed by atoms with Gasteiger partial charge in [-0.05, 0) is 24.6 Å². The van der Waals surface area contributed by atoms with Crippen LogP contribution in [-0.4, -0.2) is 44.3 Å². The molecule has 30 heavy (non-hydrogen) atoms. The first-order valence-electron chi connectivity index (χ1n) is 10.2. The summed E-state index contributed by atoms with van der Waals surface area (Å²) in [7, 11) is 3.28. The summed E-state index contributed by atoms with van der Waals surface area (Å²) in [6, 6.07) is 15.0. The normalized spacial score (nSPS) is 26.0. The molecular weight excluding hydrogens is 382 g/mol. The van der Waals surface area contributed by atoms with Gasteiger partial charge in [0, 0.05) is 18.9 Å². The third-order valence-electron chi connectivity index (χ3n) is 6.29. The number of hydrogen-bond acceptors (Lipinski definition) is 4. The van der Waals surface area contributed by atoms with Crippen molar-refractivity contribution in [2.75, 3.05) is 27.4 Å². The highest BCUT2D eigenvalue weighted by molar-refractivity contribution is 6.07. The summed E-state index contributed by atoms with van der Waals surface area (Å²) >= 11 is 0. The predicted octanol–water partition coefficient (Wildman–Crippen LogP) is 1.85. The molecule has 0 radical (unpaired) electrons. The van der Waals surface area contributed by atoms with Crippen LogP contribution in [0.1, 0.15) is 36.9 Å². The Kier molecular flexibility index (Phi) is 5.39. The number of rotatable bonds is 6. The first kappa shape index (κ1) is 20.2. The minimum Gasteiger partial charge on any atom is -0.497 e.